The molecule has 2 atom stereocenters. The highest BCUT2D eigenvalue weighted by molar-refractivity contribution is 7.47. The van der Waals surface area contributed by atoms with Crippen molar-refractivity contribution < 1.29 is 32.8 Å². The zero-order valence-corrected chi connectivity index (χ0v) is 21.3. The van der Waals surface area contributed by atoms with Crippen LogP contribution in [0.2, 0.25) is 0 Å². The van der Waals surface area contributed by atoms with Gasteiger partial charge in [-0.1, -0.05) is 55.5 Å². The molecule has 2 unspecified atom stereocenters. The van der Waals surface area contributed by atoms with Crippen LogP contribution in [0, 0.1) is 0 Å². The van der Waals surface area contributed by atoms with Crippen molar-refractivity contribution in [2.45, 2.75) is 51.6 Å². The Morgan fingerprint density at radius 2 is 1.41 bits per heavy atom. The van der Waals surface area contributed by atoms with E-state index in [1.165, 1.54) is 0 Å². The molecule has 7 nitrogen and oxygen atoms in total. The number of ether oxygens (including phenoxy) is 1. The number of nitrogens with zero attached hydrogens (tertiary/aromatic N) is 1. The average Bonchev–Trinajstić information content (AvgIpc) is 2.71. The van der Waals surface area contributed by atoms with Gasteiger partial charge in [-0.15, -0.1) is 0 Å². The van der Waals surface area contributed by atoms with Gasteiger partial charge in [0.15, 0.2) is 0 Å². The molecule has 0 aromatic carbocycles. The second-order valence-corrected chi connectivity index (χ2v) is 9.94. The monoisotopic (exact) mass is 474 g/mol. The molecule has 0 fully saturated rings. The molecular formula is C24H45NO6P+. The average molecular weight is 475 g/mol. The number of hydrogen-bond acceptors (Lipinski definition) is 5. The third-order valence-electron chi connectivity index (χ3n) is 4.14. The first-order valence-electron chi connectivity index (χ1n) is 11.4. The molecule has 186 valence electrons. The number of phosphoric ester groups is 1. The molecule has 0 aliphatic carbocycles. The lowest BCUT2D eigenvalue weighted by molar-refractivity contribution is -0.870. The molecule has 0 aromatic heterocycles. The molecule has 0 aromatic rings. The van der Waals surface area contributed by atoms with Crippen LogP contribution in [-0.2, 0) is 18.3 Å². The first-order chi connectivity index (χ1) is 15.2. The SMILES string of the molecule is CC/C=C\C/C=C\C/C=C\C/C=C\CCCOCC(O)COP(=O)(O)OCC[N+](C)(C)C. The van der Waals surface area contributed by atoms with Crippen LogP contribution in [0.25, 0.3) is 0 Å². The van der Waals surface area contributed by atoms with Crippen molar-refractivity contribution in [3.8, 4) is 0 Å². The Kier molecular flexibility index (Phi) is 18.8. The summed E-state index contributed by atoms with van der Waals surface area (Å²) in [6.07, 6.45) is 22.0. The van der Waals surface area contributed by atoms with E-state index in [9.17, 15) is 14.6 Å². The van der Waals surface area contributed by atoms with E-state index >= 15 is 0 Å². The third kappa shape index (κ3) is 23.6. The van der Waals surface area contributed by atoms with Crippen LogP contribution in [-0.4, -0.2) is 74.7 Å². The predicted octanol–water partition coefficient (Wildman–Crippen LogP) is 4.79. The Bertz CT molecular complexity index is 610. The van der Waals surface area contributed by atoms with Crippen molar-refractivity contribution in [2.24, 2.45) is 0 Å². The maximum atomic E-state index is 11.8. The van der Waals surface area contributed by atoms with Crippen molar-refractivity contribution in [1.29, 1.82) is 0 Å². The van der Waals surface area contributed by atoms with Gasteiger partial charge in [0.1, 0.15) is 19.3 Å². The molecule has 0 radical (unpaired) electrons. The zero-order chi connectivity index (χ0) is 24.1. The zero-order valence-electron chi connectivity index (χ0n) is 20.4. The predicted molar refractivity (Wildman–Crippen MR) is 131 cm³/mol. The molecule has 0 rings (SSSR count). The number of unbranched alkanes of at least 4 members (excludes halogenated alkanes) is 1. The van der Waals surface area contributed by atoms with Gasteiger partial charge in [0.25, 0.3) is 0 Å². The second-order valence-electron chi connectivity index (χ2n) is 8.48. The van der Waals surface area contributed by atoms with Gasteiger partial charge in [-0.2, -0.15) is 0 Å². The second kappa shape index (κ2) is 19.4. The Morgan fingerprint density at radius 3 is 1.97 bits per heavy atom. The summed E-state index contributed by atoms with van der Waals surface area (Å²) in [5.74, 6) is 0. The van der Waals surface area contributed by atoms with E-state index in [0.29, 0.717) is 17.6 Å². The summed E-state index contributed by atoms with van der Waals surface area (Å²) in [4.78, 5) is 9.61. The molecule has 0 saturated carbocycles. The molecule has 0 aliphatic rings. The number of quaternary nitrogens is 1. The molecule has 0 heterocycles. The van der Waals surface area contributed by atoms with E-state index in [1.807, 2.05) is 21.1 Å². The topological polar surface area (TPSA) is 85.2 Å². The van der Waals surface area contributed by atoms with E-state index in [0.717, 1.165) is 38.5 Å². The van der Waals surface area contributed by atoms with Crippen molar-refractivity contribution in [1.82, 2.24) is 0 Å². The van der Waals surface area contributed by atoms with Gasteiger partial charge in [0, 0.05) is 6.61 Å². The first kappa shape index (κ1) is 30.9. The van der Waals surface area contributed by atoms with Crippen LogP contribution < -0.4 is 0 Å². The largest absolute Gasteiger partial charge is 0.472 e. The highest BCUT2D eigenvalue weighted by Crippen LogP contribution is 2.43. The first-order valence-corrected chi connectivity index (χ1v) is 12.9. The van der Waals surface area contributed by atoms with Gasteiger partial charge >= 0.3 is 7.82 Å². The number of aliphatic hydroxyl groups excluding tert-OH is 1. The molecule has 2 N–H and O–H groups in total. The Morgan fingerprint density at radius 1 is 0.844 bits per heavy atom. The number of hydrogen-bond donors (Lipinski definition) is 2. The number of aliphatic hydroxyl groups is 1. The minimum atomic E-state index is -4.16. The van der Waals surface area contributed by atoms with Gasteiger partial charge < -0.3 is 19.2 Å². The Labute approximate surface area is 195 Å². The van der Waals surface area contributed by atoms with Crippen molar-refractivity contribution in [3.63, 3.8) is 0 Å². The molecule has 0 aliphatic heterocycles. The van der Waals surface area contributed by atoms with Crippen LogP contribution >= 0.6 is 7.82 Å². The smallest absolute Gasteiger partial charge is 0.388 e. The van der Waals surface area contributed by atoms with Crippen LogP contribution in [0.15, 0.2) is 48.6 Å². The van der Waals surface area contributed by atoms with Crippen LogP contribution in [0.3, 0.4) is 0 Å². The number of allylic oxidation sites excluding steroid dienone is 8. The molecule has 8 heteroatoms. The van der Waals surface area contributed by atoms with Crippen LogP contribution in [0.4, 0.5) is 0 Å². The number of rotatable bonds is 20. The summed E-state index contributed by atoms with van der Waals surface area (Å²) in [6.45, 7) is 3.04. The summed E-state index contributed by atoms with van der Waals surface area (Å²) in [6, 6.07) is 0. The minimum Gasteiger partial charge on any atom is -0.388 e. The van der Waals surface area contributed by atoms with Crippen molar-refractivity contribution >= 4 is 7.82 Å². The number of phosphoric acid groups is 1. The normalized spacial score (nSPS) is 16.1. The van der Waals surface area contributed by atoms with Crippen LogP contribution in [0.5, 0.6) is 0 Å². The lowest BCUT2D eigenvalue weighted by Crippen LogP contribution is -2.37. The minimum absolute atomic E-state index is 0.0487. The lowest BCUT2D eigenvalue weighted by atomic mass is 10.2. The van der Waals surface area contributed by atoms with Gasteiger partial charge in [0.2, 0.25) is 0 Å². The Hall–Kier alpha value is -1.05. The van der Waals surface area contributed by atoms with Crippen molar-refractivity contribution in [2.75, 3.05) is 54.1 Å². The van der Waals surface area contributed by atoms with Gasteiger partial charge in [-0.3, -0.25) is 9.05 Å². The highest BCUT2D eigenvalue weighted by Gasteiger charge is 2.23. The molecule has 0 bridgehead atoms. The standard InChI is InChI=1S/C24H44NO6P/c1-5-6-7-8-9-10-11-12-13-14-15-16-17-18-20-29-22-24(26)23-31-32(27,28)30-21-19-25(2,3)4/h6-7,9-10,12-13,15-16,24,26H,5,8,11,14,17-23H2,1-4H3/p+1/b7-6-,10-9-,13-12-,16-15-. The maximum Gasteiger partial charge on any atom is 0.472 e. The summed E-state index contributed by atoms with van der Waals surface area (Å²) in [5, 5.41) is 9.81. The summed E-state index contributed by atoms with van der Waals surface area (Å²) >= 11 is 0. The quantitative estimate of drug-likeness (QED) is 0.114. The molecule has 0 amide bonds. The molecular weight excluding hydrogens is 429 g/mol. The van der Waals surface area contributed by atoms with E-state index in [2.05, 4.69) is 55.5 Å². The van der Waals surface area contributed by atoms with E-state index < -0.39 is 13.9 Å². The fraction of sp³-hybridized carbons (Fsp3) is 0.667. The van der Waals surface area contributed by atoms with Gasteiger partial charge in [-0.25, -0.2) is 4.57 Å². The summed E-state index contributed by atoms with van der Waals surface area (Å²) < 4.78 is 27.5. The van der Waals surface area contributed by atoms with Gasteiger partial charge in [-0.05, 0) is 38.5 Å². The van der Waals surface area contributed by atoms with Crippen molar-refractivity contribution in [3.05, 3.63) is 48.6 Å². The van der Waals surface area contributed by atoms with Crippen LogP contribution in [0.1, 0.15) is 45.4 Å². The summed E-state index contributed by atoms with van der Waals surface area (Å²) in [7, 11) is 1.70. The van der Waals surface area contributed by atoms with Gasteiger partial charge in [0.05, 0.1) is 34.4 Å². The lowest BCUT2D eigenvalue weighted by Gasteiger charge is -2.24. The third-order valence-corrected chi connectivity index (χ3v) is 5.12. The summed E-state index contributed by atoms with van der Waals surface area (Å²) in [5.41, 5.74) is 0. The van der Waals surface area contributed by atoms with E-state index in [4.69, 9.17) is 13.8 Å². The molecule has 0 saturated heterocycles. The Balaban J connectivity index is 3.65. The molecule has 0 spiro atoms. The fourth-order valence-corrected chi connectivity index (χ4v) is 3.06. The fourth-order valence-electron chi connectivity index (χ4n) is 2.32. The van der Waals surface area contributed by atoms with E-state index in [1.54, 1.807) is 0 Å². The number of likely N-dealkylation sites (N-methyl/N-ethyl adjacent to an activating group) is 1. The molecule has 32 heavy (non-hydrogen) atoms. The van der Waals surface area contributed by atoms with E-state index in [-0.39, 0.29) is 19.8 Å². The highest BCUT2D eigenvalue weighted by atomic mass is 31.2. The maximum absolute atomic E-state index is 11.8.